The van der Waals surface area contributed by atoms with Crippen LogP contribution in [0.3, 0.4) is 0 Å². The molecule has 1 radical (unpaired) electrons. The Morgan fingerprint density at radius 2 is 1.44 bits per heavy atom. The summed E-state index contributed by atoms with van der Waals surface area (Å²) in [7, 11) is 0. The minimum Gasteiger partial charge on any atom is -0.512 e. The molecule has 6 aromatic rings. The SMILES string of the molecule is CC(C)c1c[c-]c(-c2ncnc3sc4ccc5ccccc5c4c23)c2ccccc12.CCC(C)(CC)C(=O)/C=C(\O)C(C)(CC)CC.[Ir]. The number of rotatable bonds is 9. The zero-order valence-corrected chi connectivity index (χ0v) is 32.6. The number of hydrogen-bond donors (Lipinski definition) is 1. The van der Waals surface area contributed by atoms with Crippen molar-refractivity contribution in [2.45, 2.75) is 87.0 Å². The van der Waals surface area contributed by atoms with Crippen molar-refractivity contribution in [3.8, 4) is 11.3 Å². The van der Waals surface area contributed by atoms with E-state index in [1.165, 1.54) is 43.3 Å². The van der Waals surface area contributed by atoms with Gasteiger partial charge >= 0.3 is 0 Å². The molecule has 0 fully saturated rings. The topological polar surface area (TPSA) is 63.1 Å². The Kier molecular flexibility index (Phi) is 12.0. The van der Waals surface area contributed by atoms with Gasteiger partial charge in [0.25, 0.3) is 0 Å². The number of carbonyl (C=O) groups excluding carboxylic acids is 1. The molecule has 2 heterocycles. The van der Waals surface area contributed by atoms with Crippen molar-refractivity contribution in [1.82, 2.24) is 9.97 Å². The third kappa shape index (κ3) is 6.99. The Morgan fingerprint density at radius 3 is 2.06 bits per heavy atom. The molecule has 6 rings (SSSR count). The molecule has 0 amide bonds. The first kappa shape index (κ1) is 37.4. The molecule has 0 aliphatic rings. The molecule has 0 bridgehead atoms. The molecule has 4 aromatic carbocycles. The molecular formula is C42H47IrN2O2S-. The number of ketones is 1. The van der Waals surface area contributed by atoms with E-state index in [0.717, 1.165) is 47.2 Å². The van der Waals surface area contributed by atoms with E-state index in [1.807, 2.05) is 41.5 Å². The van der Waals surface area contributed by atoms with Crippen LogP contribution in [0.25, 0.3) is 53.1 Å². The van der Waals surface area contributed by atoms with Crippen molar-refractivity contribution in [3.63, 3.8) is 0 Å². The standard InChI is InChI=1S/C27H19N2S.C15H28O2.Ir/c1-16(2)18-12-13-22(21-10-6-5-9-20(18)21)26-25-24-19-8-4-3-7-17(19)11-14-23(24)30-27(25)29-15-28-26;1-7-14(5,8-2)12(16)11-13(17)15(6,9-3)10-4;/h3-12,14-16H,1-2H3;11,16H,7-10H2,1-6H3;/q-1;;/b;12-11-;. The number of thiophene rings is 1. The molecule has 2 aromatic heterocycles. The first-order valence-electron chi connectivity index (χ1n) is 17.0. The smallest absolute Gasteiger partial charge is 0.164 e. The van der Waals surface area contributed by atoms with E-state index in [1.54, 1.807) is 17.7 Å². The van der Waals surface area contributed by atoms with Gasteiger partial charge in [-0.1, -0.05) is 127 Å². The maximum absolute atomic E-state index is 12.2. The number of aliphatic hydroxyl groups excluding tert-OH is 1. The predicted octanol–water partition coefficient (Wildman–Crippen LogP) is 12.4. The molecule has 0 spiro atoms. The first-order valence-corrected chi connectivity index (χ1v) is 17.8. The molecular weight excluding hydrogens is 789 g/mol. The van der Waals surface area contributed by atoms with E-state index in [0.29, 0.717) is 5.92 Å². The second-order valence-electron chi connectivity index (χ2n) is 13.4. The summed E-state index contributed by atoms with van der Waals surface area (Å²) in [6.07, 6.45) is 6.44. The van der Waals surface area contributed by atoms with Gasteiger partial charge in [0, 0.05) is 58.2 Å². The summed E-state index contributed by atoms with van der Waals surface area (Å²) in [5.41, 5.74) is 2.73. The fraction of sp³-hybridized carbons (Fsp3) is 0.357. The second-order valence-corrected chi connectivity index (χ2v) is 14.4. The van der Waals surface area contributed by atoms with E-state index in [-0.39, 0.29) is 42.5 Å². The van der Waals surface area contributed by atoms with Crippen LogP contribution >= 0.6 is 11.3 Å². The van der Waals surface area contributed by atoms with Crippen LogP contribution in [0.2, 0.25) is 0 Å². The third-order valence-corrected chi connectivity index (χ3v) is 11.6. The maximum atomic E-state index is 12.2. The molecule has 0 saturated heterocycles. The summed E-state index contributed by atoms with van der Waals surface area (Å²) in [4.78, 5) is 22.6. The van der Waals surface area contributed by atoms with Gasteiger partial charge in [-0.25, -0.2) is 4.98 Å². The van der Waals surface area contributed by atoms with Gasteiger partial charge in [0.2, 0.25) is 0 Å². The molecule has 48 heavy (non-hydrogen) atoms. The molecule has 0 atom stereocenters. The predicted molar refractivity (Wildman–Crippen MR) is 201 cm³/mol. The van der Waals surface area contributed by atoms with Gasteiger partial charge in [0.1, 0.15) is 16.9 Å². The summed E-state index contributed by atoms with van der Waals surface area (Å²) in [6.45, 7) is 16.5. The van der Waals surface area contributed by atoms with Gasteiger partial charge in [0.05, 0.1) is 0 Å². The van der Waals surface area contributed by atoms with E-state index >= 15 is 0 Å². The van der Waals surface area contributed by atoms with Crippen LogP contribution in [0.1, 0.15) is 92.6 Å². The molecule has 0 saturated carbocycles. The van der Waals surface area contributed by atoms with Gasteiger partial charge in [-0.3, -0.25) is 9.78 Å². The fourth-order valence-corrected chi connectivity index (χ4v) is 7.23. The quantitative estimate of drug-likeness (QED) is 0.0895. The number of aliphatic hydroxyl groups is 1. The van der Waals surface area contributed by atoms with Gasteiger partial charge in [-0.05, 0) is 42.5 Å². The molecule has 1 N–H and O–H groups in total. The summed E-state index contributed by atoms with van der Waals surface area (Å²) in [5, 5.41) is 17.5. The van der Waals surface area contributed by atoms with Gasteiger partial charge < -0.3 is 5.11 Å². The average molecular weight is 836 g/mol. The number of allylic oxidation sites excluding steroid dienone is 2. The van der Waals surface area contributed by atoms with Crippen LogP contribution < -0.4 is 0 Å². The second kappa shape index (κ2) is 15.4. The van der Waals surface area contributed by atoms with Crippen molar-refractivity contribution in [2.75, 3.05) is 0 Å². The van der Waals surface area contributed by atoms with Crippen LogP contribution in [-0.4, -0.2) is 20.9 Å². The van der Waals surface area contributed by atoms with Crippen molar-refractivity contribution >= 4 is 59.0 Å². The van der Waals surface area contributed by atoms with Crippen molar-refractivity contribution < 1.29 is 30.0 Å². The molecule has 0 aliphatic heterocycles. The Bertz CT molecular complexity index is 2090. The number of fused-ring (bicyclic) bond motifs is 6. The van der Waals surface area contributed by atoms with Crippen molar-refractivity contribution in [1.29, 1.82) is 0 Å². The Hall–Kier alpha value is -3.44. The Balaban J connectivity index is 0.000000251. The molecule has 4 nitrogen and oxygen atoms in total. The van der Waals surface area contributed by atoms with Crippen molar-refractivity contribution in [3.05, 3.63) is 96.5 Å². The maximum Gasteiger partial charge on any atom is 0.164 e. The summed E-state index contributed by atoms with van der Waals surface area (Å²) in [5.74, 6) is 0.727. The van der Waals surface area contributed by atoms with Crippen molar-refractivity contribution in [2.24, 2.45) is 10.8 Å². The Morgan fingerprint density at radius 1 is 0.833 bits per heavy atom. The van der Waals surface area contributed by atoms with Crippen LogP contribution in [0, 0.1) is 16.9 Å². The van der Waals surface area contributed by atoms with E-state index < -0.39 is 0 Å². The largest absolute Gasteiger partial charge is 0.512 e. The zero-order chi connectivity index (χ0) is 33.9. The zero-order valence-electron chi connectivity index (χ0n) is 29.4. The van der Waals surface area contributed by atoms with Crippen LogP contribution in [0.4, 0.5) is 0 Å². The normalized spacial score (nSPS) is 12.4. The summed E-state index contributed by atoms with van der Waals surface area (Å²) in [6, 6.07) is 27.3. The molecule has 253 valence electrons. The average Bonchev–Trinajstić information content (AvgIpc) is 3.50. The molecule has 6 heteroatoms. The van der Waals surface area contributed by atoms with Gasteiger partial charge in [-0.15, -0.1) is 34.6 Å². The third-order valence-electron chi connectivity index (χ3n) is 10.5. The minimum atomic E-state index is -0.337. The summed E-state index contributed by atoms with van der Waals surface area (Å²) >= 11 is 1.73. The van der Waals surface area contributed by atoms with Crippen LogP contribution in [-0.2, 0) is 24.9 Å². The molecule has 0 aliphatic carbocycles. The van der Waals surface area contributed by atoms with Crippen LogP contribution in [0.5, 0.6) is 0 Å². The Labute approximate surface area is 303 Å². The monoisotopic (exact) mass is 836 g/mol. The summed E-state index contributed by atoms with van der Waals surface area (Å²) < 4.78 is 1.24. The fourth-order valence-electron chi connectivity index (χ4n) is 6.18. The minimum absolute atomic E-state index is 0. The number of benzene rings is 4. The van der Waals surface area contributed by atoms with E-state index in [9.17, 15) is 9.90 Å². The van der Waals surface area contributed by atoms with Crippen LogP contribution in [0.15, 0.2) is 84.9 Å². The van der Waals surface area contributed by atoms with E-state index in [2.05, 4.69) is 91.6 Å². The van der Waals surface area contributed by atoms with Gasteiger partial charge in [-0.2, -0.15) is 0 Å². The molecule has 0 unspecified atom stereocenters. The number of aromatic nitrogens is 2. The number of nitrogens with zero attached hydrogens (tertiary/aromatic N) is 2. The van der Waals surface area contributed by atoms with E-state index in [4.69, 9.17) is 4.98 Å². The number of carbonyl (C=O) groups is 1. The first-order chi connectivity index (χ1) is 22.5. The number of hydrogen-bond acceptors (Lipinski definition) is 5. The van der Waals surface area contributed by atoms with Gasteiger partial charge in [0.15, 0.2) is 5.78 Å².